The predicted molar refractivity (Wildman–Crippen MR) is 82.7 cm³/mol. The van der Waals surface area contributed by atoms with Crippen molar-refractivity contribution >= 4 is 10.0 Å². The van der Waals surface area contributed by atoms with Gasteiger partial charge in [0.15, 0.2) is 11.6 Å². The van der Waals surface area contributed by atoms with Gasteiger partial charge in [0.2, 0.25) is 10.0 Å². The Hall–Kier alpha value is -1.99. The van der Waals surface area contributed by atoms with Gasteiger partial charge in [0.25, 0.3) is 0 Å². The largest absolute Gasteiger partial charge is 0.496 e. The van der Waals surface area contributed by atoms with Crippen molar-refractivity contribution in [1.29, 1.82) is 0 Å². The molecular formula is C16H17F2NO3S. The van der Waals surface area contributed by atoms with Crippen LogP contribution in [0.1, 0.15) is 18.5 Å². The molecule has 4 nitrogen and oxygen atoms in total. The van der Waals surface area contributed by atoms with E-state index in [4.69, 9.17) is 4.74 Å². The van der Waals surface area contributed by atoms with Crippen molar-refractivity contribution < 1.29 is 21.9 Å². The van der Waals surface area contributed by atoms with E-state index >= 15 is 0 Å². The third kappa shape index (κ3) is 3.35. The lowest BCUT2D eigenvalue weighted by atomic mass is 10.1. The number of hydrogen-bond acceptors (Lipinski definition) is 3. The molecule has 0 bridgehead atoms. The van der Waals surface area contributed by atoms with Crippen LogP contribution in [-0.4, -0.2) is 26.9 Å². The summed E-state index contributed by atoms with van der Waals surface area (Å²) in [4.78, 5) is -0.305. The molecule has 0 unspecified atom stereocenters. The molecule has 0 saturated carbocycles. The maximum atomic E-state index is 13.3. The van der Waals surface area contributed by atoms with Crippen LogP contribution in [0.4, 0.5) is 8.78 Å². The predicted octanol–water partition coefficient (Wildman–Crippen LogP) is 3.36. The van der Waals surface area contributed by atoms with Gasteiger partial charge in [-0.2, -0.15) is 4.31 Å². The van der Waals surface area contributed by atoms with E-state index in [1.165, 1.54) is 14.2 Å². The van der Waals surface area contributed by atoms with Crippen LogP contribution in [0.15, 0.2) is 47.4 Å². The number of methoxy groups -OCH3 is 1. The van der Waals surface area contributed by atoms with E-state index in [2.05, 4.69) is 0 Å². The van der Waals surface area contributed by atoms with E-state index < -0.39 is 27.7 Å². The summed E-state index contributed by atoms with van der Waals surface area (Å²) in [5.41, 5.74) is 0.670. The first-order valence-electron chi connectivity index (χ1n) is 6.85. The average Bonchev–Trinajstić information content (AvgIpc) is 2.55. The van der Waals surface area contributed by atoms with Crippen LogP contribution < -0.4 is 4.74 Å². The Balaban J connectivity index is 2.41. The van der Waals surface area contributed by atoms with Crippen LogP contribution in [0.25, 0.3) is 0 Å². The van der Waals surface area contributed by atoms with E-state index in [0.717, 1.165) is 16.4 Å². The molecule has 0 radical (unpaired) electrons. The minimum absolute atomic E-state index is 0.305. The molecule has 23 heavy (non-hydrogen) atoms. The Bertz CT molecular complexity index is 809. The van der Waals surface area contributed by atoms with Gasteiger partial charge < -0.3 is 4.74 Å². The fourth-order valence-corrected chi connectivity index (χ4v) is 3.57. The third-order valence-corrected chi connectivity index (χ3v) is 5.63. The van der Waals surface area contributed by atoms with Crippen LogP contribution in [0.5, 0.6) is 5.75 Å². The first-order chi connectivity index (χ1) is 10.8. The van der Waals surface area contributed by atoms with Crippen LogP contribution >= 0.6 is 0 Å². The fraction of sp³-hybridized carbons (Fsp3) is 0.250. The zero-order chi connectivity index (χ0) is 17.2. The minimum Gasteiger partial charge on any atom is -0.496 e. The first-order valence-corrected chi connectivity index (χ1v) is 8.29. The quantitative estimate of drug-likeness (QED) is 0.838. The van der Waals surface area contributed by atoms with Crippen molar-refractivity contribution in [3.63, 3.8) is 0 Å². The average molecular weight is 341 g/mol. The minimum atomic E-state index is -3.98. The van der Waals surface area contributed by atoms with Crippen molar-refractivity contribution in [2.75, 3.05) is 14.2 Å². The zero-order valence-corrected chi connectivity index (χ0v) is 13.8. The Morgan fingerprint density at radius 2 is 1.74 bits per heavy atom. The van der Waals surface area contributed by atoms with Crippen molar-refractivity contribution in [2.24, 2.45) is 0 Å². The van der Waals surface area contributed by atoms with Gasteiger partial charge in [0.05, 0.1) is 18.0 Å². The van der Waals surface area contributed by atoms with Crippen molar-refractivity contribution in [1.82, 2.24) is 4.31 Å². The molecule has 0 aliphatic heterocycles. The summed E-state index contributed by atoms with van der Waals surface area (Å²) in [6.45, 7) is 1.69. The number of nitrogens with zero attached hydrogens (tertiary/aromatic N) is 1. The van der Waals surface area contributed by atoms with Crippen LogP contribution in [0, 0.1) is 11.6 Å². The summed E-state index contributed by atoms with van der Waals surface area (Å²) in [5.74, 6) is -1.75. The molecule has 1 atom stereocenters. The maximum absolute atomic E-state index is 13.3. The summed E-state index contributed by atoms with van der Waals surface area (Å²) in [6.07, 6.45) is 0. The third-order valence-electron chi connectivity index (χ3n) is 3.70. The van der Waals surface area contributed by atoms with Crippen LogP contribution in [0.2, 0.25) is 0 Å². The number of ether oxygens (including phenoxy) is 1. The molecular weight excluding hydrogens is 324 g/mol. The van der Waals surface area contributed by atoms with E-state index in [1.807, 2.05) is 0 Å². The van der Waals surface area contributed by atoms with Crippen LogP contribution in [-0.2, 0) is 10.0 Å². The smallest absolute Gasteiger partial charge is 0.243 e. The first kappa shape index (κ1) is 17.4. The molecule has 0 aromatic heterocycles. The molecule has 124 valence electrons. The normalized spacial score (nSPS) is 13.1. The SMILES string of the molecule is COc1ccccc1[C@H](C)N(C)S(=O)(=O)c1ccc(F)c(F)c1. The van der Waals surface area contributed by atoms with Gasteiger partial charge in [0, 0.05) is 12.6 Å². The highest BCUT2D eigenvalue weighted by atomic mass is 32.2. The Morgan fingerprint density at radius 3 is 2.35 bits per heavy atom. The molecule has 2 aromatic carbocycles. The molecule has 2 aromatic rings. The highest BCUT2D eigenvalue weighted by molar-refractivity contribution is 7.89. The molecule has 0 spiro atoms. The van der Waals surface area contributed by atoms with Crippen LogP contribution in [0.3, 0.4) is 0 Å². The molecule has 2 rings (SSSR count). The van der Waals surface area contributed by atoms with Gasteiger partial charge >= 0.3 is 0 Å². The Labute approximate surface area is 134 Å². The number of sulfonamides is 1. The summed E-state index contributed by atoms with van der Waals surface area (Å²) in [5, 5.41) is 0. The zero-order valence-electron chi connectivity index (χ0n) is 13.0. The van der Waals surface area contributed by atoms with E-state index in [-0.39, 0.29) is 4.90 Å². The second-order valence-electron chi connectivity index (χ2n) is 5.02. The van der Waals surface area contributed by atoms with E-state index in [9.17, 15) is 17.2 Å². The molecule has 7 heteroatoms. The lowest BCUT2D eigenvalue weighted by molar-refractivity contribution is 0.367. The van der Waals surface area contributed by atoms with Gasteiger partial charge in [-0.3, -0.25) is 0 Å². The van der Waals surface area contributed by atoms with Gasteiger partial charge in [-0.1, -0.05) is 18.2 Å². The standard InChI is InChI=1S/C16H17F2NO3S/c1-11(13-6-4-5-7-16(13)22-3)19(2)23(20,21)12-8-9-14(17)15(18)10-12/h4-11H,1-3H3/t11-/m0/s1. The van der Waals surface area contributed by atoms with E-state index in [1.54, 1.807) is 31.2 Å². The van der Waals surface area contributed by atoms with Gasteiger partial charge in [0.1, 0.15) is 5.75 Å². The molecule has 0 amide bonds. The van der Waals surface area contributed by atoms with Gasteiger partial charge in [-0.05, 0) is 31.2 Å². The maximum Gasteiger partial charge on any atom is 0.243 e. The summed E-state index contributed by atoms with van der Waals surface area (Å²) in [7, 11) is -1.10. The second kappa shape index (κ2) is 6.64. The summed E-state index contributed by atoms with van der Waals surface area (Å²) < 4.78 is 57.9. The van der Waals surface area contributed by atoms with Crippen molar-refractivity contribution in [2.45, 2.75) is 17.9 Å². The summed E-state index contributed by atoms with van der Waals surface area (Å²) in [6, 6.07) is 8.99. The Morgan fingerprint density at radius 1 is 1.09 bits per heavy atom. The fourth-order valence-electron chi connectivity index (χ4n) is 2.22. The number of para-hydroxylation sites is 1. The summed E-state index contributed by atoms with van der Waals surface area (Å²) >= 11 is 0. The topological polar surface area (TPSA) is 46.6 Å². The number of halogens is 2. The highest BCUT2D eigenvalue weighted by Gasteiger charge is 2.28. The van der Waals surface area contributed by atoms with Gasteiger partial charge in [-0.15, -0.1) is 0 Å². The molecule has 0 heterocycles. The Kier molecular flexibility index (Phi) is 5.01. The molecule has 0 N–H and O–H groups in total. The lowest BCUT2D eigenvalue weighted by Gasteiger charge is -2.26. The number of benzene rings is 2. The number of rotatable bonds is 5. The lowest BCUT2D eigenvalue weighted by Crippen LogP contribution is -2.30. The molecule has 0 fully saturated rings. The molecule has 0 aliphatic rings. The monoisotopic (exact) mass is 341 g/mol. The second-order valence-corrected chi connectivity index (χ2v) is 7.01. The van der Waals surface area contributed by atoms with Gasteiger partial charge in [-0.25, -0.2) is 17.2 Å². The van der Waals surface area contributed by atoms with E-state index in [0.29, 0.717) is 17.4 Å². The highest BCUT2D eigenvalue weighted by Crippen LogP contribution is 2.31. The molecule has 0 aliphatic carbocycles. The number of hydrogen-bond donors (Lipinski definition) is 0. The van der Waals surface area contributed by atoms with Crippen molar-refractivity contribution in [3.8, 4) is 5.75 Å². The molecule has 0 saturated heterocycles. The van der Waals surface area contributed by atoms with Crippen molar-refractivity contribution in [3.05, 3.63) is 59.7 Å².